The summed E-state index contributed by atoms with van der Waals surface area (Å²) in [6, 6.07) is 8.25. The van der Waals surface area contributed by atoms with E-state index in [2.05, 4.69) is 17.0 Å². The van der Waals surface area contributed by atoms with Crippen molar-refractivity contribution in [1.29, 1.82) is 0 Å². The molecule has 1 aliphatic carbocycles. The van der Waals surface area contributed by atoms with E-state index in [1.165, 1.54) is 12.8 Å². The lowest BCUT2D eigenvalue weighted by atomic mass is 10.1. The molecule has 3 heterocycles. The zero-order valence-corrected chi connectivity index (χ0v) is 17.8. The number of methoxy groups -OCH3 is 1. The van der Waals surface area contributed by atoms with Crippen LogP contribution in [0.1, 0.15) is 44.1 Å². The number of benzene rings is 1. The molecule has 5 rings (SSSR count). The van der Waals surface area contributed by atoms with Crippen molar-refractivity contribution in [2.24, 2.45) is 5.92 Å². The Balaban J connectivity index is 1.49. The molecular weight excluding hydrogens is 378 g/mol. The van der Waals surface area contributed by atoms with Crippen molar-refractivity contribution < 1.29 is 14.3 Å². The molecule has 1 amide bonds. The van der Waals surface area contributed by atoms with Crippen LogP contribution in [-0.2, 0) is 16.1 Å². The Labute approximate surface area is 178 Å². The highest BCUT2D eigenvalue weighted by molar-refractivity contribution is 5.84. The fourth-order valence-electron chi connectivity index (χ4n) is 4.69. The molecule has 1 aromatic heterocycles. The van der Waals surface area contributed by atoms with E-state index in [0.717, 1.165) is 73.4 Å². The summed E-state index contributed by atoms with van der Waals surface area (Å²) in [4.78, 5) is 22.6. The molecule has 1 unspecified atom stereocenters. The quantitative estimate of drug-likeness (QED) is 0.697. The number of carbonyl (C=O) groups excluding carboxylic acids is 1. The Morgan fingerprint density at radius 2 is 2.03 bits per heavy atom. The zero-order valence-electron chi connectivity index (χ0n) is 17.8. The van der Waals surface area contributed by atoms with Gasteiger partial charge in [0.1, 0.15) is 11.6 Å². The van der Waals surface area contributed by atoms with Crippen LogP contribution in [0.15, 0.2) is 24.3 Å². The van der Waals surface area contributed by atoms with Gasteiger partial charge in [0, 0.05) is 55.7 Å². The highest BCUT2D eigenvalue weighted by Gasteiger charge is 2.35. The second-order valence-corrected chi connectivity index (χ2v) is 8.85. The third-order valence-electron chi connectivity index (χ3n) is 6.53. The maximum absolute atomic E-state index is 13.1. The zero-order chi connectivity index (χ0) is 20.5. The number of nitrogens with zero attached hydrogens (tertiary/aromatic N) is 3. The third kappa shape index (κ3) is 4.10. The summed E-state index contributed by atoms with van der Waals surface area (Å²) < 4.78 is 11.3. The molecule has 1 aromatic carbocycles. The first kappa shape index (κ1) is 19.6. The smallest absolute Gasteiger partial charge is 0.226 e. The molecule has 2 saturated heterocycles. The lowest BCUT2D eigenvalue weighted by Crippen LogP contribution is -2.38. The number of ether oxygens (including phenoxy) is 2. The van der Waals surface area contributed by atoms with Crippen LogP contribution < -0.4 is 9.64 Å². The van der Waals surface area contributed by atoms with E-state index in [1.807, 2.05) is 17.0 Å². The Morgan fingerprint density at radius 1 is 1.20 bits per heavy atom. The number of fused-ring (bicyclic) bond motifs is 1. The normalized spacial score (nSPS) is 21.4. The van der Waals surface area contributed by atoms with Gasteiger partial charge in [-0.1, -0.05) is 0 Å². The minimum Gasteiger partial charge on any atom is -0.497 e. The first-order chi connectivity index (χ1) is 14.7. The van der Waals surface area contributed by atoms with E-state index in [1.54, 1.807) is 7.11 Å². The molecule has 6 nitrogen and oxygen atoms in total. The van der Waals surface area contributed by atoms with Gasteiger partial charge >= 0.3 is 0 Å². The minimum atomic E-state index is 0.167. The largest absolute Gasteiger partial charge is 0.497 e. The minimum absolute atomic E-state index is 0.167. The van der Waals surface area contributed by atoms with Gasteiger partial charge in [0.15, 0.2) is 0 Å². The summed E-state index contributed by atoms with van der Waals surface area (Å²) >= 11 is 0. The molecule has 6 heteroatoms. The number of rotatable bonds is 7. The Kier molecular flexibility index (Phi) is 5.50. The van der Waals surface area contributed by atoms with E-state index >= 15 is 0 Å². The number of carbonyl (C=O) groups is 1. The van der Waals surface area contributed by atoms with Crippen molar-refractivity contribution in [1.82, 2.24) is 9.88 Å². The predicted molar refractivity (Wildman–Crippen MR) is 117 cm³/mol. The standard InChI is InChI=1S/C24H31N3O3/c1-29-20-9-8-18-13-19(23(25-22(18)14-20)26-10-2-3-11-26)15-27(24(28)17-6-7-17)16-21-5-4-12-30-21/h8-9,13-14,17,21H,2-7,10-12,15-16H2,1H3. The second kappa shape index (κ2) is 8.42. The van der Waals surface area contributed by atoms with Crippen LogP contribution in [0.5, 0.6) is 5.75 Å². The molecular formula is C24H31N3O3. The molecule has 2 aromatic rings. The first-order valence-corrected chi connectivity index (χ1v) is 11.3. The molecule has 0 N–H and O–H groups in total. The average Bonchev–Trinajstić information content (AvgIpc) is 3.23. The van der Waals surface area contributed by atoms with Gasteiger partial charge in [0.05, 0.1) is 18.7 Å². The number of aromatic nitrogens is 1. The third-order valence-corrected chi connectivity index (χ3v) is 6.53. The number of hydrogen-bond acceptors (Lipinski definition) is 5. The Morgan fingerprint density at radius 3 is 2.73 bits per heavy atom. The van der Waals surface area contributed by atoms with Gasteiger partial charge in [-0.3, -0.25) is 4.79 Å². The molecule has 0 bridgehead atoms. The van der Waals surface area contributed by atoms with Gasteiger partial charge in [0.2, 0.25) is 5.91 Å². The Bertz CT molecular complexity index is 915. The lowest BCUT2D eigenvalue weighted by Gasteiger charge is -2.28. The summed E-state index contributed by atoms with van der Waals surface area (Å²) in [5, 5.41) is 1.09. The number of hydrogen-bond donors (Lipinski definition) is 0. The lowest BCUT2D eigenvalue weighted by molar-refractivity contribution is -0.134. The van der Waals surface area contributed by atoms with Gasteiger partial charge < -0.3 is 19.3 Å². The van der Waals surface area contributed by atoms with Crippen LogP contribution in [-0.4, -0.2) is 55.2 Å². The highest BCUT2D eigenvalue weighted by Crippen LogP contribution is 2.34. The molecule has 3 fully saturated rings. The summed E-state index contributed by atoms with van der Waals surface area (Å²) in [7, 11) is 1.68. The van der Waals surface area contributed by atoms with E-state index in [-0.39, 0.29) is 17.9 Å². The molecule has 1 saturated carbocycles. The highest BCUT2D eigenvalue weighted by atomic mass is 16.5. The first-order valence-electron chi connectivity index (χ1n) is 11.3. The van der Waals surface area contributed by atoms with E-state index in [0.29, 0.717) is 13.1 Å². The van der Waals surface area contributed by atoms with Gasteiger partial charge in [-0.25, -0.2) is 4.98 Å². The summed E-state index contributed by atoms with van der Waals surface area (Å²) in [5.41, 5.74) is 2.08. The average molecular weight is 410 g/mol. The predicted octanol–water partition coefficient (Wildman–Crippen LogP) is 3.76. The van der Waals surface area contributed by atoms with Crippen molar-refractivity contribution in [2.45, 2.75) is 51.2 Å². The SMILES string of the molecule is COc1ccc2cc(CN(CC3CCCO3)C(=O)C3CC3)c(N3CCCC3)nc2c1. The molecule has 0 spiro atoms. The molecule has 30 heavy (non-hydrogen) atoms. The van der Waals surface area contributed by atoms with Gasteiger partial charge in [-0.05, 0) is 56.7 Å². The maximum Gasteiger partial charge on any atom is 0.226 e. The fourth-order valence-corrected chi connectivity index (χ4v) is 4.69. The van der Waals surface area contributed by atoms with Gasteiger partial charge in [-0.2, -0.15) is 0 Å². The van der Waals surface area contributed by atoms with E-state index < -0.39 is 0 Å². The maximum atomic E-state index is 13.1. The van der Waals surface area contributed by atoms with Crippen LogP contribution in [0.3, 0.4) is 0 Å². The second-order valence-electron chi connectivity index (χ2n) is 8.85. The molecule has 3 aliphatic rings. The van der Waals surface area contributed by atoms with Crippen LogP contribution in [0, 0.1) is 5.92 Å². The van der Waals surface area contributed by atoms with Crippen molar-refractivity contribution in [3.8, 4) is 5.75 Å². The number of pyridine rings is 1. The number of amides is 1. The number of anilines is 1. The van der Waals surface area contributed by atoms with Crippen LogP contribution in [0.4, 0.5) is 5.82 Å². The Hall–Kier alpha value is -2.34. The molecule has 0 radical (unpaired) electrons. The summed E-state index contributed by atoms with van der Waals surface area (Å²) in [6.07, 6.45) is 6.74. The summed E-state index contributed by atoms with van der Waals surface area (Å²) in [5.74, 6) is 2.33. The van der Waals surface area contributed by atoms with E-state index in [4.69, 9.17) is 14.5 Å². The topological polar surface area (TPSA) is 54.9 Å². The fraction of sp³-hybridized carbons (Fsp3) is 0.583. The van der Waals surface area contributed by atoms with Crippen molar-refractivity contribution >= 4 is 22.6 Å². The van der Waals surface area contributed by atoms with Gasteiger partial charge in [0.25, 0.3) is 0 Å². The molecule has 160 valence electrons. The van der Waals surface area contributed by atoms with E-state index in [9.17, 15) is 4.79 Å². The van der Waals surface area contributed by atoms with Crippen LogP contribution in [0.25, 0.3) is 10.9 Å². The van der Waals surface area contributed by atoms with Crippen molar-refractivity contribution in [2.75, 3.05) is 38.3 Å². The summed E-state index contributed by atoms with van der Waals surface area (Å²) in [6.45, 7) is 4.16. The molecule has 2 aliphatic heterocycles. The van der Waals surface area contributed by atoms with Crippen molar-refractivity contribution in [3.63, 3.8) is 0 Å². The van der Waals surface area contributed by atoms with Crippen LogP contribution >= 0.6 is 0 Å². The molecule has 1 atom stereocenters. The van der Waals surface area contributed by atoms with Crippen LogP contribution in [0.2, 0.25) is 0 Å². The van der Waals surface area contributed by atoms with Gasteiger partial charge in [-0.15, -0.1) is 0 Å². The van der Waals surface area contributed by atoms with Crippen molar-refractivity contribution in [3.05, 3.63) is 29.8 Å². The monoisotopic (exact) mass is 409 g/mol.